The molecule has 9 heteroatoms. The molecule has 27 heavy (non-hydrogen) atoms. The van der Waals surface area contributed by atoms with E-state index in [-0.39, 0.29) is 14.9 Å². The van der Waals surface area contributed by atoms with Gasteiger partial charge >= 0.3 is 0 Å². The molecule has 146 valence electrons. The predicted molar refractivity (Wildman–Crippen MR) is 107 cm³/mol. The van der Waals surface area contributed by atoms with Crippen LogP contribution >= 0.6 is 23.2 Å². The van der Waals surface area contributed by atoms with Crippen molar-refractivity contribution in [2.45, 2.75) is 4.90 Å². The Kier molecular flexibility index (Phi) is 6.05. The SMILES string of the molecule is COc1ccccc1N1CCN(S(=O)(=O)c2ccc(OC)c(Cl)c2Cl)CC1. The first-order valence-corrected chi connectivity index (χ1v) is 10.5. The van der Waals surface area contributed by atoms with Crippen molar-refractivity contribution in [3.8, 4) is 11.5 Å². The fourth-order valence-electron chi connectivity index (χ4n) is 3.07. The molecule has 3 rings (SSSR count). The van der Waals surface area contributed by atoms with Crippen LogP contribution in [0.4, 0.5) is 5.69 Å². The lowest BCUT2D eigenvalue weighted by atomic mass is 10.2. The van der Waals surface area contributed by atoms with Gasteiger partial charge in [-0.15, -0.1) is 0 Å². The van der Waals surface area contributed by atoms with Crippen LogP contribution < -0.4 is 14.4 Å². The fourth-order valence-corrected chi connectivity index (χ4v) is 5.31. The molecule has 0 aliphatic carbocycles. The Morgan fingerprint density at radius 2 is 1.48 bits per heavy atom. The smallest absolute Gasteiger partial charge is 0.244 e. The largest absolute Gasteiger partial charge is 0.495 e. The van der Waals surface area contributed by atoms with Gasteiger partial charge in [0, 0.05) is 26.2 Å². The summed E-state index contributed by atoms with van der Waals surface area (Å²) in [6, 6.07) is 10.6. The summed E-state index contributed by atoms with van der Waals surface area (Å²) in [4.78, 5) is 2.09. The number of rotatable bonds is 5. The first-order valence-electron chi connectivity index (χ1n) is 8.30. The quantitative estimate of drug-likeness (QED) is 0.725. The van der Waals surface area contributed by atoms with E-state index in [1.807, 2.05) is 24.3 Å². The van der Waals surface area contributed by atoms with Gasteiger partial charge in [0.2, 0.25) is 10.0 Å². The van der Waals surface area contributed by atoms with E-state index in [1.54, 1.807) is 7.11 Å². The molecular formula is C18H20Cl2N2O4S. The molecule has 1 saturated heterocycles. The Labute approximate surface area is 169 Å². The van der Waals surface area contributed by atoms with Crippen LogP contribution in [0.15, 0.2) is 41.3 Å². The van der Waals surface area contributed by atoms with E-state index in [0.29, 0.717) is 31.9 Å². The lowest BCUT2D eigenvalue weighted by Crippen LogP contribution is -2.48. The minimum atomic E-state index is -3.76. The highest BCUT2D eigenvalue weighted by Crippen LogP contribution is 2.38. The molecular weight excluding hydrogens is 411 g/mol. The average molecular weight is 431 g/mol. The summed E-state index contributed by atoms with van der Waals surface area (Å²) in [5.41, 5.74) is 0.947. The van der Waals surface area contributed by atoms with Gasteiger partial charge in [-0.1, -0.05) is 35.3 Å². The van der Waals surface area contributed by atoms with Crippen molar-refractivity contribution in [2.24, 2.45) is 0 Å². The van der Waals surface area contributed by atoms with Crippen LogP contribution in [0, 0.1) is 0 Å². The van der Waals surface area contributed by atoms with Gasteiger partial charge in [0.05, 0.1) is 24.9 Å². The van der Waals surface area contributed by atoms with Gasteiger partial charge in [-0.05, 0) is 24.3 Å². The molecule has 0 radical (unpaired) electrons. The zero-order valence-corrected chi connectivity index (χ0v) is 17.3. The summed E-state index contributed by atoms with van der Waals surface area (Å²) in [7, 11) is -0.691. The van der Waals surface area contributed by atoms with Gasteiger partial charge < -0.3 is 14.4 Å². The number of para-hydroxylation sites is 2. The normalized spacial score (nSPS) is 15.6. The van der Waals surface area contributed by atoms with Crippen molar-refractivity contribution >= 4 is 38.9 Å². The second kappa shape index (κ2) is 8.14. The highest BCUT2D eigenvalue weighted by Gasteiger charge is 2.32. The first kappa shape index (κ1) is 20.1. The van der Waals surface area contributed by atoms with E-state index in [1.165, 1.54) is 23.5 Å². The molecule has 2 aromatic rings. The summed E-state index contributed by atoms with van der Waals surface area (Å²) >= 11 is 12.3. The van der Waals surface area contributed by atoms with Gasteiger partial charge in [-0.2, -0.15) is 4.31 Å². The highest BCUT2D eigenvalue weighted by molar-refractivity contribution is 7.89. The van der Waals surface area contributed by atoms with Crippen molar-refractivity contribution < 1.29 is 17.9 Å². The van der Waals surface area contributed by atoms with Crippen LogP contribution in [0.1, 0.15) is 0 Å². The second-order valence-electron chi connectivity index (χ2n) is 5.96. The molecule has 1 heterocycles. The molecule has 6 nitrogen and oxygen atoms in total. The van der Waals surface area contributed by atoms with Gasteiger partial charge in [0.25, 0.3) is 0 Å². The zero-order valence-electron chi connectivity index (χ0n) is 15.0. The number of nitrogens with zero attached hydrogens (tertiary/aromatic N) is 2. The molecule has 0 bridgehead atoms. The number of hydrogen-bond donors (Lipinski definition) is 0. The molecule has 2 aromatic carbocycles. The Hall–Kier alpha value is -1.67. The van der Waals surface area contributed by atoms with Crippen molar-refractivity contribution in [1.29, 1.82) is 0 Å². The maximum atomic E-state index is 13.0. The van der Waals surface area contributed by atoms with Crippen molar-refractivity contribution in [3.63, 3.8) is 0 Å². The van der Waals surface area contributed by atoms with E-state index < -0.39 is 10.0 Å². The van der Waals surface area contributed by atoms with E-state index in [9.17, 15) is 8.42 Å². The number of anilines is 1. The average Bonchev–Trinajstić information content (AvgIpc) is 2.70. The highest BCUT2D eigenvalue weighted by atomic mass is 35.5. The van der Waals surface area contributed by atoms with E-state index in [0.717, 1.165) is 11.4 Å². The van der Waals surface area contributed by atoms with E-state index >= 15 is 0 Å². The number of methoxy groups -OCH3 is 2. The number of benzene rings is 2. The molecule has 0 unspecified atom stereocenters. The summed E-state index contributed by atoms with van der Waals surface area (Å²) in [6.45, 7) is 1.75. The number of ether oxygens (including phenoxy) is 2. The number of sulfonamides is 1. The Bertz CT molecular complexity index is 929. The van der Waals surface area contributed by atoms with Crippen LogP contribution in [0.5, 0.6) is 11.5 Å². The summed E-state index contributed by atoms with van der Waals surface area (Å²) in [6.07, 6.45) is 0. The molecule has 1 fully saturated rings. The van der Waals surface area contributed by atoms with Crippen LogP contribution in [-0.4, -0.2) is 53.1 Å². The third kappa shape index (κ3) is 3.82. The van der Waals surface area contributed by atoms with Gasteiger partial charge in [-0.3, -0.25) is 0 Å². The zero-order chi connectivity index (χ0) is 19.6. The molecule has 0 N–H and O–H groups in total. The monoisotopic (exact) mass is 430 g/mol. The lowest BCUT2D eigenvalue weighted by Gasteiger charge is -2.36. The van der Waals surface area contributed by atoms with Crippen molar-refractivity contribution in [1.82, 2.24) is 4.31 Å². The minimum Gasteiger partial charge on any atom is -0.495 e. The fraction of sp³-hybridized carbons (Fsp3) is 0.333. The third-order valence-corrected chi connectivity index (χ3v) is 7.43. The summed E-state index contributed by atoms with van der Waals surface area (Å²) in [5, 5.41) is 0.0658. The lowest BCUT2D eigenvalue weighted by molar-refractivity contribution is 0.378. The first-order chi connectivity index (χ1) is 12.9. The maximum Gasteiger partial charge on any atom is 0.244 e. The summed E-state index contributed by atoms with van der Waals surface area (Å²) < 4.78 is 37.9. The van der Waals surface area contributed by atoms with Gasteiger partial charge in [0.15, 0.2) is 0 Å². The maximum absolute atomic E-state index is 13.0. The van der Waals surface area contributed by atoms with E-state index in [2.05, 4.69) is 4.90 Å². The van der Waals surface area contributed by atoms with Crippen LogP contribution in [-0.2, 0) is 10.0 Å². The van der Waals surface area contributed by atoms with E-state index in [4.69, 9.17) is 32.7 Å². The molecule has 1 aliphatic rings. The van der Waals surface area contributed by atoms with Crippen LogP contribution in [0.25, 0.3) is 0 Å². The molecule has 0 atom stereocenters. The van der Waals surface area contributed by atoms with Gasteiger partial charge in [0.1, 0.15) is 21.4 Å². The van der Waals surface area contributed by atoms with Crippen LogP contribution in [0.3, 0.4) is 0 Å². The Morgan fingerprint density at radius 3 is 2.11 bits per heavy atom. The number of piperazine rings is 1. The molecule has 0 aromatic heterocycles. The summed E-state index contributed by atoms with van der Waals surface area (Å²) in [5.74, 6) is 1.10. The molecule has 1 aliphatic heterocycles. The second-order valence-corrected chi connectivity index (χ2v) is 8.62. The molecule has 0 spiro atoms. The Balaban J connectivity index is 1.80. The Morgan fingerprint density at radius 1 is 0.852 bits per heavy atom. The minimum absolute atomic E-state index is 0.0132. The predicted octanol–water partition coefficient (Wildman–Crippen LogP) is 3.52. The van der Waals surface area contributed by atoms with Crippen molar-refractivity contribution in [3.05, 3.63) is 46.4 Å². The number of halogens is 2. The topological polar surface area (TPSA) is 59.1 Å². The standard InChI is InChI=1S/C18H20Cl2N2O4S/c1-25-14-6-4-3-5-13(14)21-9-11-22(12-10-21)27(23,24)16-8-7-15(26-2)17(19)18(16)20/h3-8H,9-12H2,1-2H3. The van der Waals surface area contributed by atoms with Crippen molar-refractivity contribution in [2.75, 3.05) is 45.3 Å². The molecule has 0 amide bonds. The molecule has 0 saturated carbocycles. The van der Waals surface area contributed by atoms with Gasteiger partial charge in [-0.25, -0.2) is 8.42 Å². The third-order valence-electron chi connectivity index (χ3n) is 4.51. The van der Waals surface area contributed by atoms with Crippen LogP contribution in [0.2, 0.25) is 10.0 Å². The number of hydrogen-bond acceptors (Lipinski definition) is 5.